The summed E-state index contributed by atoms with van der Waals surface area (Å²) in [6, 6.07) is 7.74. The summed E-state index contributed by atoms with van der Waals surface area (Å²) in [5, 5.41) is 0. The van der Waals surface area contributed by atoms with Crippen LogP contribution in [0.2, 0.25) is 0 Å². The van der Waals surface area contributed by atoms with E-state index >= 15 is 0 Å². The van der Waals surface area contributed by atoms with Gasteiger partial charge in [-0.15, -0.1) is 0 Å². The van der Waals surface area contributed by atoms with Gasteiger partial charge in [0.25, 0.3) is 0 Å². The van der Waals surface area contributed by atoms with Gasteiger partial charge >= 0.3 is 0 Å². The summed E-state index contributed by atoms with van der Waals surface area (Å²) in [5.74, 6) is -0.434. The highest BCUT2D eigenvalue weighted by molar-refractivity contribution is 6.13. The molecule has 0 radical (unpaired) electrons. The molecular weight excluding hydrogens is 226 g/mol. The van der Waals surface area contributed by atoms with E-state index in [-0.39, 0.29) is 11.6 Å². The van der Waals surface area contributed by atoms with Gasteiger partial charge < -0.3 is 5.73 Å². The maximum Gasteiger partial charge on any atom is 0.187 e. The van der Waals surface area contributed by atoms with Gasteiger partial charge in [-0.3, -0.25) is 9.59 Å². The van der Waals surface area contributed by atoms with E-state index in [2.05, 4.69) is 6.92 Å². The summed E-state index contributed by atoms with van der Waals surface area (Å²) >= 11 is 0. The largest absolute Gasteiger partial charge is 0.315 e. The van der Waals surface area contributed by atoms with E-state index in [0.29, 0.717) is 12.0 Å². The SMILES string of the molecule is CCCCCCC(=O)C(N)C(=O)c1ccccc1. The zero-order valence-electron chi connectivity index (χ0n) is 10.9. The molecule has 0 saturated heterocycles. The molecule has 3 heteroatoms. The van der Waals surface area contributed by atoms with Crippen LogP contribution < -0.4 is 5.73 Å². The number of hydrogen-bond donors (Lipinski definition) is 1. The first-order chi connectivity index (χ1) is 8.66. The number of unbranched alkanes of at least 4 members (excludes halogenated alkanes) is 3. The van der Waals surface area contributed by atoms with Gasteiger partial charge in [-0.2, -0.15) is 0 Å². The van der Waals surface area contributed by atoms with Crippen LogP contribution in [0.1, 0.15) is 49.4 Å². The normalized spacial score (nSPS) is 12.1. The Hall–Kier alpha value is -1.48. The summed E-state index contributed by atoms with van der Waals surface area (Å²) in [6.07, 6.45) is 4.50. The molecule has 1 atom stereocenters. The van der Waals surface area contributed by atoms with Crippen molar-refractivity contribution in [2.75, 3.05) is 0 Å². The molecule has 0 aliphatic rings. The smallest absolute Gasteiger partial charge is 0.187 e. The fraction of sp³-hybridized carbons (Fsp3) is 0.467. The fourth-order valence-electron chi connectivity index (χ4n) is 1.81. The van der Waals surface area contributed by atoms with Crippen molar-refractivity contribution in [2.45, 2.75) is 45.1 Å². The van der Waals surface area contributed by atoms with Crippen LogP contribution in [0.25, 0.3) is 0 Å². The first-order valence-corrected chi connectivity index (χ1v) is 6.54. The van der Waals surface area contributed by atoms with Crippen molar-refractivity contribution in [3.05, 3.63) is 35.9 Å². The molecule has 0 heterocycles. The number of Topliss-reactive ketones (excluding diaryl/α,β-unsaturated/α-hetero) is 2. The molecule has 98 valence electrons. The highest BCUT2D eigenvalue weighted by Crippen LogP contribution is 2.08. The van der Waals surface area contributed by atoms with E-state index in [0.717, 1.165) is 25.7 Å². The van der Waals surface area contributed by atoms with Gasteiger partial charge in [-0.1, -0.05) is 56.5 Å². The number of rotatable bonds is 8. The van der Waals surface area contributed by atoms with E-state index in [9.17, 15) is 9.59 Å². The fourth-order valence-corrected chi connectivity index (χ4v) is 1.81. The molecule has 0 saturated carbocycles. The molecule has 0 aromatic heterocycles. The topological polar surface area (TPSA) is 60.2 Å². The highest BCUT2D eigenvalue weighted by atomic mass is 16.2. The van der Waals surface area contributed by atoms with Crippen molar-refractivity contribution in [3.8, 4) is 0 Å². The number of nitrogens with two attached hydrogens (primary N) is 1. The summed E-state index contributed by atoms with van der Waals surface area (Å²) in [7, 11) is 0. The second kappa shape index (κ2) is 7.77. The molecule has 0 fully saturated rings. The van der Waals surface area contributed by atoms with E-state index in [1.54, 1.807) is 24.3 Å². The minimum absolute atomic E-state index is 0.153. The lowest BCUT2D eigenvalue weighted by molar-refractivity contribution is -0.119. The van der Waals surface area contributed by atoms with E-state index < -0.39 is 6.04 Å². The second-order valence-corrected chi connectivity index (χ2v) is 4.48. The molecule has 18 heavy (non-hydrogen) atoms. The standard InChI is InChI=1S/C15H21NO2/c1-2-3-4-8-11-13(17)14(16)15(18)12-9-6-5-7-10-12/h5-7,9-10,14H,2-4,8,11,16H2,1H3. The molecule has 1 rings (SSSR count). The predicted molar refractivity (Wildman–Crippen MR) is 72.5 cm³/mol. The number of carbonyl (C=O) groups excluding carboxylic acids is 2. The van der Waals surface area contributed by atoms with Crippen LogP contribution in [0.15, 0.2) is 30.3 Å². The Labute approximate surface area is 108 Å². The highest BCUT2D eigenvalue weighted by Gasteiger charge is 2.22. The lowest BCUT2D eigenvalue weighted by atomic mass is 9.98. The van der Waals surface area contributed by atoms with Crippen LogP contribution in [0.3, 0.4) is 0 Å². The molecule has 0 spiro atoms. The quantitative estimate of drug-likeness (QED) is 0.436. The van der Waals surface area contributed by atoms with Crippen LogP contribution in [0.4, 0.5) is 0 Å². The molecule has 0 bridgehead atoms. The Kier molecular flexibility index (Phi) is 6.29. The molecule has 1 aromatic carbocycles. The first-order valence-electron chi connectivity index (χ1n) is 6.54. The minimum Gasteiger partial charge on any atom is -0.315 e. The number of benzene rings is 1. The van der Waals surface area contributed by atoms with E-state index in [1.165, 1.54) is 0 Å². The number of hydrogen-bond acceptors (Lipinski definition) is 3. The second-order valence-electron chi connectivity index (χ2n) is 4.48. The summed E-state index contributed by atoms with van der Waals surface area (Å²) in [4.78, 5) is 23.7. The van der Waals surface area contributed by atoms with Crippen molar-refractivity contribution in [1.82, 2.24) is 0 Å². The van der Waals surface area contributed by atoms with Crippen LogP contribution in [0, 0.1) is 0 Å². The molecule has 3 nitrogen and oxygen atoms in total. The average Bonchev–Trinajstić information content (AvgIpc) is 2.42. The number of carbonyl (C=O) groups is 2. The summed E-state index contributed by atoms with van der Waals surface area (Å²) in [6.45, 7) is 2.12. The van der Waals surface area contributed by atoms with Gasteiger partial charge in [0, 0.05) is 12.0 Å². The Morgan fingerprint density at radius 3 is 2.39 bits per heavy atom. The lowest BCUT2D eigenvalue weighted by Gasteiger charge is -2.09. The van der Waals surface area contributed by atoms with Crippen LogP contribution in [-0.2, 0) is 4.79 Å². The van der Waals surface area contributed by atoms with Gasteiger partial charge in [-0.25, -0.2) is 0 Å². The van der Waals surface area contributed by atoms with Crippen molar-refractivity contribution < 1.29 is 9.59 Å². The lowest BCUT2D eigenvalue weighted by Crippen LogP contribution is -2.38. The van der Waals surface area contributed by atoms with Crippen LogP contribution in [-0.4, -0.2) is 17.6 Å². The van der Waals surface area contributed by atoms with Crippen LogP contribution >= 0.6 is 0 Å². The van der Waals surface area contributed by atoms with Gasteiger partial charge in [0.1, 0.15) is 6.04 Å². The van der Waals surface area contributed by atoms with Crippen LogP contribution in [0.5, 0.6) is 0 Å². The van der Waals surface area contributed by atoms with E-state index in [4.69, 9.17) is 5.73 Å². The van der Waals surface area contributed by atoms with Gasteiger partial charge in [-0.05, 0) is 6.42 Å². The Balaban J connectivity index is 2.46. The third-order valence-electron chi connectivity index (χ3n) is 2.96. The third kappa shape index (κ3) is 4.41. The third-order valence-corrected chi connectivity index (χ3v) is 2.96. The zero-order valence-corrected chi connectivity index (χ0v) is 10.9. The average molecular weight is 247 g/mol. The molecule has 0 aliphatic heterocycles. The Morgan fingerprint density at radius 1 is 1.11 bits per heavy atom. The maximum atomic E-state index is 11.9. The van der Waals surface area contributed by atoms with Gasteiger partial charge in [0.05, 0.1) is 0 Å². The van der Waals surface area contributed by atoms with Crippen molar-refractivity contribution in [3.63, 3.8) is 0 Å². The summed E-state index contributed by atoms with van der Waals surface area (Å²) < 4.78 is 0. The minimum atomic E-state index is -1.01. The monoisotopic (exact) mass is 247 g/mol. The number of ketones is 2. The molecule has 0 amide bonds. The van der Waals surface area contributed by atoms with Crippen molar-refractivity contribution in [1.29, 1.82) is 0 Å². The molecule has 0 aliphatic carbocycles. The Morgan fingerprint density at radius 2 is 1.78 bits per heavy atom. The predicted octanol–water partition coefficient (Wildman–Crippen LogP) is 2.74. The Bertz CT molecular complexity index is 387. The van der Waals surface area contributed by atoms with Gasteiger partial charge in [0.15, 0.2) is 11.6 Å². The molecular formula is C15H21NO2. The summed E-state index contributed by atoms with van der Waals surface area (Å²) in [5.41, 5.74) is 6.21. The molecule has 1 aromatic rings. The van der Waals surface area contributed by atoms with E-state index in [1.807, 2.05) is 6.07 Å². The molecule has 2 N–H and O–H groups in total. The maximum absolute atomic E-state index is 11.9. The van der Waals surface area contributed by atoms with Crippen molar-refractivity contribution >= 4 is 11.6 Å². The van der Waals surface area contributed by atoms with Crippen molar-refractivity contribution in [2.24, 2.45) is 5.73 Å². The van der Waals surface area contributed by atoms with Gasteiger partial charge in [0.2, 0.25) is 0 Å². The molecule has 1 unspecified atom stereocenters. The zero-order chi connectivity index (χ0) is 13.4. The first kappa shape index (κ1) is 14.6.